The summed E-state index contributed by atoms with van der Waals surface area (Å²) in [5, 5.41) is 10.4. The maximum absolute atomic E-state index is 13.6. The molecule has 0 aliphatic carbocycles. The average molecular weight is 348 g/mol. The number of aliphatic hydroxyl groups excluding tert-OH is 1. The average Bonchev–Trinajstić information content (AvgIpc) is 2.36. The first-order chi connectivity index (χ1) is 8.97. The van der Waals surface area contributed by atoms with Gasteiger partial charge in [-0.25, -0.2) is 8.78 Å². The molecule has 0 aromatic heterocycles. The van der Waals surface area contributed by atoms with Crippen molar-refractivity contribution in [1.82, 2.24) is 0 Å². The van der Waals surface area contributed by atoms with Gasteiger partial charge in [-0.15, -0.1) is 0 Å². The van der Waals surface area contributed by atoms with E-state index in [2.05, 4.69) is 15.9 Å². The smallest absolute Gasteiger partial charge is 0.129 e. The molecule has 0 saturated heterocycles. The van der Waals surface area contributed by atoms with E-state index >= 15 is 0 Å². The lowest BCUT2D eigenvalue weighted by atomic mass is 10.0. The zero-order valence-electron chi connectivity index (χ0n) is 9.71. The third-order valence-corrected chi connectivity index (χ3v) is 3.60. The van der Waals surface area contributed by atoms with Crippen LogP contribution < -0.4 is 0 Å². The molecule has 2 aromatic rings. The van der Waals surface area contributed by atoms with Crippen molar-refractivity contribution in [1.29, 1.82) is 0 Å². The summed E-state index contributed by atoms with van der Waals surface area (Å²) in [6, 6.07) is 8.18. The van der Waals surface area contributed by atoms with Crippen molar-refractivity contribution in [3.63, 3.8) is 0 Å². The summed E-state index contributed by atoms with van der Waals surface area (Å²) >= 11 is 9.13. The molecule has 1 nitrogen and oxygen atoms in total. The summed E-state index contributed by atoms with van der Waals surface area (Å²) in [5.41, 5.74) is 0.586. The van der Waals surface area contributed by atoms with E-state index in [1.807, 2.05) is 0 Å². The molecule has 0 spiro atoms. The van der Waals surface area contributed by atoms with Gasteiger partial charge in [-0.05, 0) is 42.0 Å². The Morgan fingerprint density at radius 3 is 2.63 bits per heavy atom. The van der Waals surface area contributed by atoms with Crippen LogP contribution in [0.2, 0.25) is 5.02 Å². The van der Waals surface area contributed by atoms with E-state index in [0.717, 1.165) is 0 Å². The minimum absolute atomic E-state index is 0.0456. The van der Waals surface area contributed by atoms with Gasteiger partial charge in [0.05, 0.1) is 6.10 Å². The summed E-state index contributed by atoms with van der Waals surface area (Å²) in [5.74, 6) is -0.954. The lowest BCUT2D eigenvalue weighted by Gasteiger charge is -2.13. The largest absolute Gasteiger partial charge is 0.388 e. The van der Waals surface area contributed by atoms with Gasteiger partial charge in [0, 0.05) is 21.5 Å². The molecule has 0 aliphatic heterocycles. The molecule has 100 valence electrons. The highest BCUT2D eigenvalue weighted by molar-refractivity contribution is 9.10. The lowest BCUT2D eigenvalue weighted by Crippen LogP contribution is -2.05. The van der Waals surface area contributed by atoms with Gasteiger partial charge in [-0.1, -0.05) is 27.5 Å². The molecule has 0 fully saturated rings. The van der Waals surface area contributed by atoms with E-state index < -0.39 is 17.7 Å². The Bertz CT molecular complexity index is 604. The zero-order chi connectivity index (χ0) is 14.0. The fraction of sp³-hybridized carbons (Fsp3) is 0.143. The molecular formula is C14H10BrClF2O. The maximum Gasteiger partial charge on any atom is 0.129 e. The van der Waals surface area contributed by atoms with Crippen LogP contribution in [0.25, 0.3) is 0 Å². The van der Waals surface area contributed by atoms with Crippen LogP contribution in [0.1, 0.15) is 17.2 Å². The van der Waals surface area contributed by atoms with E-state index in [9.17, 15) is 13.9 Å². The number of halogens is 4. The first-order valence-corrected chi connectivity index (χ1v) is 6.71. The highest BCUT2D eigenvalue weighted by atomic mass is 79.9. The van der Waals surface area contributed by atoms with Crippen molar-refractivity contribution in [2.24, 2.45) is 0 Å². The standard InChI is InChI=1S/C14H10BrClF2O/c15-9-1-4-13(18)11(7-9)14(19)6-8-5-10(17)2-3-12(8)16/h1-5,7,14,19H,6H2. The van der Waals surface area contributed by atoms with Crippen LogP contribution in [-0.4, -0.2) is 5.11 Å². The van der Waals surface area contributed by atoms with Crippen molar-refractivity contribution in [2.75, 3.05) is 0 Å². The fourth-order valence-corrected chi connectivity index (χ4v) is 2.36. The molecule has 1 atom stereocenters. The second kappa shape index (κ2) is 5.99. The van der Waals surface area contributed by atoms with Crippen LogP contribution >= 0.6 is 27.5 Å². The molecule has 2 aromatic carbocycles. The number of benzene rings is 2. The van der Waals surface area contributed by atoms with Crippen molar-refractivity contribution < 1.29 is 13.9 Å². The molecule has 0 saturated carbocycles. The number of hydrogen-bond donors (Lipinski definition) is 1. The quantitative estimate of drug-likeness (QED) is 0.856. The fourth-order valence-electron chi connectivity index (χ4n) is 1.79. The third-order valence-electron chi connectivity index (χ3n) is 2.74. The van der Waals surface area contributed by atoms with E-state index in [1.54, 1.807) is 6.07 Å². The number of hydrogen-bond acceptors (Lipinski definition) is 1. The van der Waals surface area contributed by atoms with Gasteiger partial charge < -0.3 is 5.11 Å². The first kappa shape index (κ1) is 14.4. The Labute approximate surface area is 123 Å². The molecule has 0 radical (unpaired) electrons. The molecule has 0 bridgehead atoms. The molecule has 0 amide bonds. The van der Waals surface area contributed by atoms with Gasteiger partial charge in [0.25, 0.3) is 0 Å². The molecule has 19 heavy (non-hydrogen) atoms. The number of rotatable bonds is 3. The predicted octanol–water partition coefficient (Wildman–Crippen LogP) is 4.66. The maximum atomic E-state index is 13.6. The van der Waals surface area contributed by atoms with E-state index in [4.69, 9.17) is 11.6 Å². The molecule has 2 rings (SSSR count). The highest BCUT2D eigenvalue weighted by Crippen LogP contribution is 2.27. The molecular weight excluding hydrogens is 338 g/mol. The summed E-state index contributed by atoms with van der Waals surface area (Å²) in [6.45, 7) is 0. The monoisotopic (exact) mass is 346 g/mol. The van der Waals surface area contributed by atoms with Crippen molar-refractivity contribution in [3.05, 3.63) is 68.7 Å². The second-order valence-electron chi connectivity index (χ2n) is 4.12. The lowest BCUT2D eigenvalue weighted by molar-refractivity contribution is 0.173. The SMILES string of the molecule is OC(Cc1cc(F)ccc1Cl)c1cc(Br)ccc1F. The van der Waals surface area contributed by atoms with Gasteiger partial charge in [-0.3, -0.25) is 0 Å². The van der Waals surface area contributed by atoms with Crippen LogP contribution in [0.4, 0.5) is 8.78 Å². The summed E-state index contributed by atoms with van der Waals surface area (Å²) < 4.78 is 27.4. The molecule has 1 N–H and O–H groups in total. The highest BCUT2D eigenvalue weighted by Gasteiger charge is 2.16. The van der Waals surface area contributed by atoms with Gasteiger partial charge >= 0.3 is 0 Å². The summed E-state index contributed by atoms with van der Waals surface area (Å²) in [6.07, 6.45) is -1.04. The molecule has 0 heterocycles. The van der Waals surface area contributed by atoms with E-state index in [1.165, 1.54) is 30.3 Å². The van der Waals surface area contributed by atoms with Crippen LogP contribution in [0, 0.1) is 11.6 Å². The van der Waals surface area contributed by atoms with Gasteiger partial charge in [0.2, 0.25) is 0 Å². The predicted molar refractivity (Wildman–Crippen MR) is 74.2 cm³/mol. The van der Waals surface area contributed by atoms with Crippen LogP contribution in [-0.2, 0) is 6.42 Å². The van der Waals surface area contributed by atoms with Crippen LogP contribution in [0.3, 0.4) is 0 Å². The summed E-state index contributed by atoms with van der Waals surface area (Å²) in [7, 11) is 0. The van der Waals surface area contributed by atoms with Gasteiger partial charge in [0.15, 0.2) is 0 Å². The zero-order valence-corrected chi connectivity index (χ0v) is 12.0. The summed E-state index contributed by atoms with van der Waals surface area (Å²) in [4.78, 5) is 0. The van der Waals surface area contributed by atoms with E-state index in [0.29, 0.717) is 15.1 Å². The topological polar surface area (TPSA) is 20.2 Å². The van der Waals surface area contributed by atoms with Crippen molar-refractivity contribution in [3.8, 4) is 0 Å². The van der Waals surface area contributed by atoms with Crippen molar-refractivity contribution >= 4 is 27.5 Å². The Morgan fingerprint density at radius 1 is 1.16 bits per heavy atom. The van der Waals surface area contributed by atoms with Gasteiger partial charge in [-0.2, -0.15) is 0 Å². The van der Waals surface area contributed by atoms with Crippen LogP contribution in [0.15, 0.2) is 40.9 Å². The Hall–Kier alpha value is -0.970. The Balaban J connectivity index is 2.27. The van der Waals surface area contributed by atoms with Crippen molar-refractivity contribution in [2.45, 2.75) is 12.5 Å². The van der Waals surface area contributed by atoms with Crippen LogP contribution in [0.5, 0.6) is 0 Å². The second-order valence-corrected chi connectivity index (χ2v) is 5.44. The Kier molecular flexibility index (Phi) is 4.55. The van der Waals surface area contributed by atoms with E-state index in [-0.39, 0.29) is 12.0 Å². The third kappa shape index (κ3) is 3.53. The first-order valence-electron chi connectivity index (χ1n) is 5.54. The normalized spacial score (nSPS) is 12.5. The molecule has 0 aliphatic rings. The minimum atomic E-state index is -1.09. The number of aliphatic hydroxyl groups is 1. The molecule has 5 heteroatoms. The molecule has 1 unspecified atom stereocenters. The Morgan fingerprint density at radius 2 is 1.89 bits per heavy atom. The van der Waals surface area contributed by atoms with Gasteiger partial charge in [0.1, 0.15) is 11.6 Å². The minimum Gasteiger partial charge on any atom is -0.388 e.